The molecule has 136 valence electrons. The summed E-state index contributed by atoms with van der Waals surface area (Å²) in [6.07, 6.45) is 3.96. The summed E-state index contributed by atoms with van der Waals surface area (Å²) in [6.45, 7) is 2.18. The Morgan fingerprint density at radius 3 is 2.67 bits per heavy atom. The Morgan fingerprint density at radius 2 is 1.93 bits per heavy atom. The molecule has 6 heteroatoms. The van der Waals surface area contributed by atoms with Crippen LogP contribution >= 0.6 is 0 Å². The molecule has 0 spiro atoms. The van der Waals surface area contributed by atoms with Gasteiger partial charge >= 0.3 is 0 Å². The third-order valence-corrected chi connectivity index (χ3v) is 4.02. The average molecular weight is 360 g/mol. The lowest BCUT2D eigenvalue weighted by atomic mass is 9.98. The normalized spacial score (nSPS) is 11.1. The van der Waals surface area contributed by atoms with Gasteiger partial charge < -0.3 is 10.5 Å². The Hall–Kier alpha value is -3.51. The number of hydrazone groups is 1. The molecule has 0 aliphatic heterocycles. The number of nitrogens with one attached hydrogen (secondary N) is 1. The minimum atomic E-state index is 0.209. The third-order valence-electron chi connectivity index (χ3n) is 4.02. The third kappa shape index (κ3) is 4.56. The lowest BCUT2D eigenvalue weighted by Crippen LogP contribution is -2.20. The minimum absolute atomic E-state index is 0.209. The first kappa shape index (κ1) is 18.3. The van der Waals surface area contributed by atoms with Gasteiger partial charge in [-0.2, -0.15) is 5.10 Å². The highest BCUT2D eigenvalue weighted by Crippen LogP contribution is 2.27. The minimum Gasteiger partial charge on any atom is -0.456 e. The highest BCUT2D eigenvalue weighted by Gasteiger charge is 2.09. The first-order valence-electron chi connectivity index (χ1n) is 8.46. The first-order valence-corrected chi connectivity index (χ1v) is 8.46. The van der Waals surface area contributed by atoms with E-state index in [0.29, 0.717) is 17.9 Å². The average Bonchev–Trinajstić information content (AvgIpc) is 2.71. The van der Waals surface area contributed by atoms with Crippen molar-refractivity contribution in [3.05, 3.63) is 78.1 Å². The number of aryl methyl sites for hydroxylation is 1. The number of nitrogens with two attached hydrogens (primary N) is 1. The number of benzene rings is 2. The van der Waals surface area contributed by atoms with Gasteiger partial charge in [-0.25, -0.2) is 5.43 Å². The van der Waals surface area contributed by atoms with E-state index in [1.807, 2.05) is 61.5 Å². The van der Waals surface area contributed by atoms with Crippen molar-refractivity contribution in [2.45, 2.75) is 6.92 Å². The molecule has 27 heavy (non-hydrogen) atoms. The van der Waals surface area contributed by atoms with Crippen molar-refractivity contribution in [3.63, 3.8) is 0 Å². The summed E-state index contributed by atoms with van der Waals surface area (Å²) in [5.41, 5.74) is 12.5. The zero-order valence-corrected chi connectivity index (χ0v) is 14.9. The molecule has 0 radical (unpaired) electrons. The predicted octanol–water partition coefficient (Wildman–Crippen LogP) is 3.26. The highest BCUT2D eigenvalue weighted by atomic mass is 16.5. The van der Waals surface area contributed by atoms with Gasteiger partial charge in [0.2, 0.25) is 6.41 Å². The van der Waals surface area contributed by atoms with E-state index in [1.54, 1.807) is 12.4 Å². The fourth-order valence-corrected chi connectivity index (χ4v) is 2.69. The molecule has 0 aliphatic carbocycles. The van der Waals surface area contributed by atoms with E-state index in [2.05, 4.69) is 15.5 Å². The summed E-state index contributed by atoms with van der Waals surface area (Å²) in [5, 5.41) is 4.03. The highest BCUT2D eigenvalue weighted by molar-refractivity contribution is 6.04. The zero-order chi connectivity index (χ0) is 19.1. The van der Waals surface area contributed by atoms with Crippen LogP contribution in [-0.2, 0) is 4.79 Å². The standard InChI is InChI=1S/C21H20N4O2/c1-15-7-8-16(10-20(15)21(11-22)25-24-14-26)17-9-19(13-23-12-17)27-18-5-3-2-4-6-18/h2-10,12-14H,11,22H2,1H3,(H,24,26)/b25-21-. The number of aromatic nitrogens is 1. The number of pyridine rings is 1. The van der Waals surface area contributed by atoms with Gasteiger partial charge in [-0.1, -0.05) is 30.3 Å². The Balaban J connectivity index is 1.93. The number of carbonyl (C=O) groups excluding carboxylic acids is 1. The number of nitrogens with zero attached hydrogens (tertiary/aromatic N) is 2. The number of rotatable bonds is 7. The van der Waals surface area contributed by atoms with Crippen molar-refractivity contribution in [3.8, 4) is 22.6 Å². The van der Waals surface area contributed by atoms with Crippen molar-refractivity contribution in [1.29, 1.82) is 0 Å². The monoisotopic (exact) mass is 360 g/mol. The van der Waals surface area contributed by atoms with Crippen LogP contribution in [0.3, 0.4) is 0 Å². The van der Waals surface area contributed by atoms with Crippen molar-refractivity contribution >= 4 is 12.1 Å². The van der Waals surface area contributed by atoms with Crippen molar-refractivity contribution < 1.29 is 9.53 Å². The summed E-state index contributed by atoms with van der Waals surface area (Å²) in [6, 6.07) is 17.5. The van der Waals surface area contributed by atoms with Crippen LogP contribution < -0.4 is 15.9 Å². The Morgan fingerprint density at radius 1 is 1.11 bits per heavy atom. The largest absolute Gasteiger partial charge is 0.456 e. The predicted molar refractivity (Wildman–Crippen MR) is 106 cm³/mol. The van der Waals surface area contributed by atoms with Gasteiger partial charge in [0.05, 0.1) is 11.9 Å². The summed E-state index contributed by atoms with van der Waals surface area (Å²) in [7, 11) is 0. The second-order valence-electron chi connectivity index (χ2n) is 5.86. The molecule has 0 bridgehead atoms. The fraction of sp³-hybridized carbons (Fsp3) is 0.0952. The van der Waals surface area contributed by atoms with Gasteiger partial charge in [0.1, 0.15) is 11.5 Å². The lowest BCUT2D eigenvalue weighted by Gasteiger charge is -2.11. The molecular weight excluding hydrogens is 340 g/mol. The molecular formula is C21H20N4O2. The van der Waals surface area contributed by atoms with Crippen LogP contribution in [0, 0.1) is 6.92 Å². The summed E-state index contributed by atoms with van der Waals surface area (Å²) in [5.74, 6) is 1.40. The van der Waals surface area contributed by atoms with Crippen LogP contribution in [0.25, 0.3) is 11.1 Å². The van der Waals surface area contributed by atoms with Crippen LogP contribution in [0.5, 0.6) is 11.5 Å². The molecule has 0 unspecified atom stereocenters. The second-order valence-corrected chi connectivity index (χ2v) is 5.86. The molecule has 2 aromatic carbocycles. The van der Waals surface area contributed by atoms with Crippen LogP contribution in [0.1, 0.15) is 11.1 Å². The lowest BCUT2D eigenvalue weighted by molar-refractivity contribution is -0.109. The Kier molecular flexibility index (Phi) is 5.91. The van der Waals surface area contributed by atoms with Crippen molar-refractivity contribution in [2.75, 3.05) is 6.54 Å². The number of hydrogen-bond donors (Lipinski definition) is 2. The topological polar surface area (TPSA) is 89.6 Å². The maximum Gasteiger partial charge on any atom is 0.227 e. The van der Waals surface area contributed by atoms with Crippen molar-refractivity contribution in [2.24, 2.45) is 10.8 Å². The molecule has 0 aliphatic rings. The second kappa shape index (κ2) is 8.73. The number of para-hydroxylation sites is 1. The fourth-order valence-electron chi connectivity index (χ4n) is 2.69. The smallest absolute Gasteiger partial charge is 0.227 e. The molecule has 0 saturated heterocycles. The maximum atomic E-state index is 10.5. The van der Waals surface area contributed by atoms with Crippen LogP contribution in [-0.4, -0.2) is 23.7 Å². The van der Waals surface area contributed by atoms with E-state index in [0.717, 1.165) is 28.0 Å². The number of carbonyl (C=O) groups is 1. The SMILES string of the molecule is Cc1ccc(-c2cncc(Oc3ccccc3)c2)cc1/C(CN)=N\NC=O. The van der Waals surface area contributed by atoms with Gasteiger partial charge in [-0.3, -0.25) is 9.78 Å². The molecule has 1 heterocycles. The zero-order valence-electron chi connectivity index (χ0n) is 14.9. The van der Waals surface area contributed by atoms with E-state index in [1.165, 1.54) is 0 Å². The first-order chi connectivity index (χ1) is 13.2. The van der Waals surface area contributed by atoms with Gasteiger partial charge in [0, 0.05) is 23.9 Å². The van der Waals surface area contributed by atoms with E-state index in [4.69, 9.17) is 10.5 Å². The van der Waals surface area contributed by atoms with Crippen LogP contribution in [0.15, 0.2) is 72.1 Å². The summed E-state index contributed by atoms with van der Waals surface area (Å²) < 4.78 is 5.86. The van der Waals surface area contributed by atoms with E-state index in [9.17, 15) is 4.79 Å². The molecule has 3 rings (SSSR count). The van der Waals surface area contributed by atoms with E-state index < -0.39 is 0 Å². The van der Waals surface area contributed by atoms with E-state index in [-0.39, 0.29) is 6.54 Å². The maximum absolute atomic E-state index is 10.5. The summed E-state index contributed by atoms with van der Waals surface area (Å²) >= 11 is 0. The number of hydrogen-bond acceptors (Lipinski definition) is 5. The molecule has 6 nitrogen and oxygen atoms in total. The number of ether oxygens (including phenoxy) is 1. The number of amides is 1. The summed E-state index contributed by atoms with van der Waals surface area (Å²) in [4.78, 5) is 14.8. The van der Waals surface area contributed by atoms with Crippen molar-refractivity contribution in [1.82, 2.24) is 10.4 Å². The van der Waals surface area contributed by atoms with Gasteiger partial charge in [-0.15, -0.1) is 0 Å². The molecule has 1 aromatic heterocycles. The molecule has 1 amide bonds. The molecule has 0 saturated carbocycles. The van der Waals surface area contributed by atoms with Gasteiger partial charge in [0.15, 0.2) is 0 Å². The Labute approximate surface area is 157 Å². The molecule has 3 N–H and O–H groups in total. The molecule has 0 atom stereocenters. The van der Waals surface area contributed by atoms with Crippen LogP contribution in [0.4, 0.5) is 0 Å². The van der Waals surface area contributed by atoms with Gasteiger partial charge in [-0.05, 0) is 42.3 Å². The van der Waals surface area contributed by atoms with Gasteiger partial charge in [0.25, 0.3) is 0 Å². The Bertz CT molecular complexity index is 955. The van der Waals surface area contributed by atoms with E-state index >= 15 is 0 Å². The molecule has 0 fully saturated rings. The quantitative estimate of drug-likeness (QED) is 0.384. The van der Waals surface area contributed by atoms with Crippen LogP contribution in [0.2, 0.25) is 0 Å². The molecule has 3 aromatic rings.